The molecule has 4 nitrogen and oxygen atoms in total. The maximum absolute atomic E-state index is 14.2. The molecule has 0 fully saturated rings. The maximum atomic E-state index is 14.2. The molecular formula is C20H22F2N3OS+. The summed E-state index contributed by atoms with van der Waals surface area (Å²) in [6.45, 7) is 4.95. The average molecular weight is 390 g/mol. The number of fused-ring (bicyclic) bond motifs is 1. The fourth-order valence-corrected chi connectivity index (χ4v) is 3.81. The summed E-state index contributed by atoms with van der Waals surface area (Å²) in [7, 11) is 3.91. The van der Waals surface area contributed by atoms with Gasteiger partial charge in [0.2, 0.25) is 0 Å². The van der Waals surface area contributed by atoms with E-state index >= 15 is 0 Å². The van der Waals surface area contributed by atoms with E-state index in [9.17, 15) is 13.6 Å². The Morgan fingerprint density at radius 3 is 2.41 bits per heavy atom. The number of benzene rings is 2. The van der Waals surface area contributed by atoms with E-state index in [-0.39, 0.29) is 0 Å². The molecule has 0 aliphatic carbocycles. The van der Waals surface area contributed by atoms with E-state index in [0.717, 1.165) is 38.4 Å². The number of rotatable bonds is 5. The van der Waals surface area contributed by atoms with Gasteiger partial charge >= 0.3 is 0 Å². The van der Waals surface area contributed by atoms with E-state index in [2.05, 4.69) is 4.98 Å². The molecule has 1 heterocycles. The molecule has 1 amide bonds. The molecule has 3 rings (SSSR count). The van der Waals surface area contributed by atoms with Crippen LogP contribution in [0.4, 0.5) is 13.9 Å². The number of hydrogen-bond donors (Lipinski definition) is 1. The summed E-state index contributed by atoms with van der Waals surface area (Å²) in [6, 6.07) is 7.43. The number of thiazole rings is 1. The van der Waals surface area contributed by atoms with Crippen molar-refractivity contribution in [1.29, 1.82) is 0 Å². The highest BCUT2D eigenvalue weighted by Crippen LogP contribution is 2.32. The van der Waals surface area contributed by atoms with Crippen molar-refractivity contribution in [3.8, 4) is 0 Å². The largest absolute Gasteiger partial charge is 0.338 e. The Morgan fingerprint density at radius 1 is 1.15 bits per heavy atom. The van der Waals surface area contributed by atoms with E-state index in [0.29, 0.717) is 18.2 Å². The van der Waals surface area contributed by atoms with Crippen molar-refractivity contribution in [3.63, 3.8) is 0 Å². The number of carbonyl (C=O) groups is 1. The van der Waals surface area contributed by atoms with Crippen molar-refractivity contribution in [2.75, 3.05) is 32.1 Å². The molecule has 142 valence electrons. The van der Waals surface area contributed by atoms with Crippen molar-refractivity contribution in [3.05, 3.63) is 58.7 Å². The number of likely N-dealkylation sites (N-methyl/N-ethyl adjacent to an activating group) is 1. The van der Waals surface area contributed by atoms with Gasteiger partial charge in [-0.15, -0.1) is 0 Å². The summed E-state index contributed by atoms with van der Waals surface area (Å²) in [5.74, 6) is -2.44. The fourth-order valence-electron chi connectivity index (χ4n) is 2.74. The van der Waals surface area contributed by atoms with Gasteiger partial charge in [-0.1, -0.05) is 17.4 Å². The number of nitrogens with zero attached hydrogens (tertiary/aromatic N) is 2. The Kier molecular flexibility index (Phi) is 5.53. The molecule has 2 aromatic carbocycles. The van der Waals surface area contributed by atoms with Gasteiger partial charge in [-0.3, -0.25) is 9.69 Å². The van der Waals surface area contributed by atoms with Crippen LogP contribution < -0.4 is 9.80 Å². The predicted molar refractivity (Wildman–Crippen MR) is 105 cm³/mol. The molecular weight excluding hydrogens is 368 g/mol. The van der Waals surface area contributed by atoms with Crippen molar-refractivity contribution in [1.82, 2.24) is 4.98 Å². The lowest BCUT2D eigenvalue weighted by molar-refractivity contribution is -0.856. The van der Waals surface area contributed by atoms with Gasteiger partial charge in [0.15, 0.2) is 5.13 Å². The minimum absolute atomic E-state index is 0.312. The molecule has 0 unspecified atom stereocenters. The Balaban J connectivity index is 2.07. The van der Waals surface area contributed by atoms with Gasteiger partial charge in [0.25, 0.3) is 5.91 Å². The summed E-state index contributed by atoms with van der Waals surface area (Å²) < 4.78 is 29.3. The van der Waals surface area contributed by atoms with Crippen LogP contribution in [-0.2, 0) is 0 Å². The standard InChI is InChI=1S/C20H21F2N3OS/c1-12-10-16-17(11-13(12)2)27-20(23-16)25(9-8-24(3)4)19(26)18-14(21)6-5-7-15(18)22/h5-7,10-11H,8-9H2,1-4H3/p+1. The zero-order valence-corrected chi connectivity index (χ0v) is 16.6. The van der Waals surface area contributed by atoms with Gasteiger partial charge in [0.1, 0.15) is 17.2 Å². The molecule has 0 saturated heterocycles. The van der Waals surface area contributed by atoms with E-state index in [1.807, 2.05) is 40.1 Å². The molecule has 7 heteroatoms. The Hall–Kier alpha value is -2.38. The second kappa shape index (κ2) is 7.70. The van der Waals surface area contributed by atoms with Crippen LogP contribution in [0.1, 0.15) is 21.5 Å². The number of anilines is 1. The van der Waals surface area contributed by atoms with E-state index in [1.165, 1.54) is 22.3 Å². The molecule has 1 N–H and O–H groups in total. The Labute approximate surface area is 161 Å². The van der Waals surface area contributed by atoms with Crippen LogP contribution in [0.2, 0.25) is 0 Å². The lowest BCUT2D eigenvalue weighted by atomic mass is 10.1. The minimum atomic E-state index is -0.866. The molecule has 0 radical (unpaired) electrons. The number of quaternary nitrogens is 1. The van der Waals surface area contributed by atoms with Crippen LogP contribution in [0.3, 0.4) is 0 Å². The van der Waals surface area contributed by atoms with Gasteiger partial charge in [-0.05, 0) is 49.2 Å². The van der Waals surface area contributed by atoms with Crippen LogP contribution in [0.25, 0.3) is 10.2 Å². The van der Waals surface area contributed by atoms with Gasteiger partial charge < -0.3 is 4.90 Å². The van der Waals surface area contributed by atoms with Gasteiger partial charge in [-0.25, -0.2) is 13.8 Å². The van der Waals surface area contributed by atoms with Crippen molar-refractivity contribution in [2.45, 2.75) is 13.8 Å². The third-order valence-corrected chi connectivity index (χ3v) is 5.52. The topological polar surface area (TPSA) is 37.6 Å². The Morgan fingerprint density at radius 2 is 1.78 bits per heavy atom. The van der Waals surface area contributed by atoms with Crippen molar-refractivity contribution < 1.29 is 18.5 Å². The molecule has 0 aliphatic rings. The first kappa shape index (κ1) is 19.4. The highest BCUT2D eigenvalue weighted by atomic mass is 32.1. The summed E-state index contributed by atoms with van der Waals surface area (Å²) in [6.07, 6.45) is 0. The number of nitrogens with one attached hydrogen (secondary N) is 1. The van der Waals surface area contributed by atoms with Crippen molar-refractivity contribution in [2.24, 2.45) is 0 Å². The van der Waals surface area contributed by atoms with Crippen molar-refractivity contribution >= 4 is 32.6 Å². The van der Waals surface area contributed by atoms with Crippen LogP contribution >= 0.6 is 11.3 Å². The quantitative estimate of drug-likeness (QED) is 0.727. The first-order valence-corrected chi connectivity index (χ1v) is 9.52. The monoisotopic (exact) mass is 390 g/mol. The number of aromatic nitrogens is 1. The first-order chi connectivity index (χ1) is 12.8. The summed E-state index contributed by atoms with van der Waals surface area (Å²) in [5.41, 5.74) is 2.48. The summed E-state index contributed by atoms with van der Waals surface area (Å²) in [4.78, 5) is 20.1. The summed E-state index contributed by atoms with van der Waals surface area (Å²) in [5, 5.41) is 0.448. The number of carbonyl (C=O) groups excluding carboxylic acids is 1. The molecule has 0 atom stereocenters. The lowest BCUT2D eigenvalue weighted by Gasteiger charge is -2.21. The lowest BCUT2D eigenvalue weighted by Crippen LogP contribution is -3.06. The zero-order valence-electron chi connectivity index (χ0n) is 15.8. The van der Waals surface area contributed by atoms with Gasteiger partial charge in [-0.2, -0.15) is 0 Å². The smallest absolute Gasteiger partial charge is 0.266 e. The average Bonchev–Trinajstić information content (AvgIpc) is 2.97. The van der Waals surface area contributed by atoms with E-state index in [1.54, 1.807) is 0 Å². The number of halogens is 2. The third-order valence-electron chi connectivity index (χ3n) is 4.48. The summed E-state index contributed by atoms with van der Waals surface area (Å²) >= 11 is 1.35. The second-order valence-electron chi connectivity index (χ2n) is 6.91. The van der Waals surface area contributed by atoms with Gasteiger partial charge in [0.05, 0.1) is 37.4 Å². The molecule has 0 bridgehead atoms. The molecule has 0 saturated carbocycles. The number of aryl methyl sites for hydroxylation is 2. The van der Waals surface area contributed by atoms with Crippen LogP contribution in [0.5, 0.6) is 0 Å². The zero-order chi connectivity index (χ0) is 19.7. The van der Waals surface area contributed by atoms with Gasteiger partial charge in [0, 0.05) is 0 Å². The normalized spacial score (nSPS) is 11.4. The number of hydrogen-bond acceptors (Lipinski definition) is 3. The fraction of sp³-hybridized carbons (Fsp3) is 0.300. The van der Waals surface area contributed by atoms with E-state index in [4.69, 9.17) is 0 Å². The van der Waals surface area contributed by atoms with Crippen LogP contribution in [0.15, 0.2) is 30.3 Å². The highest BCUT2D eigenvalue weighted by Gasteiger charge is 2.27. The SMILES string of the molecule is Cc1cc2nc(N(CC[NH+](C)C)C(=O)c3c(F)cccc3F)sc2cc1C. The Bertz CT molecular complexity index is 941. The van der Waals surface area contributed by atoms with E-state index < -0.39 is 23.1 Å². The van der Waals surface area contributed by atoms with Crippen LogP contribution in [0, 0.1) is 25.5 Å². The maximum Gasteiger partial charge on any atom is 0.266 e. The second-order valence-corrected chi connectivity index (χ2v) is 7.92. The first-order valence-electron chi connectivity index (χ1n) is 8.70. The molecule has 3 aromatic rings. The van der Waals surface area contributed by atoms with Crippen LogP contribution in [-0.4, -0.2) is 38.1 Å². The third kappa shape index (κ3) is 3.99. The number of amides is 1. The predicted octanol–water partition coefficient (Wildman–Crippen LogP) is 2.98. The highest BCUT2D eigenvalue weighted by molar-refractivity contribution is 7.22. The molecule has 1 aromatic heterocycles. The molecule has 0 spiro atoms. The molecule has 27 heavy (non-hydrogen) atoms. The minimum Gasteiger partial charge on any atom is -0.338 e. The molecule has 0 aliphatic heterocycles.